The summed E-state index contributed by atoms with van der Waals surface area (Å²) < 4.78 is 7.57. The number of carbonyl (C=O) groups is 1. The monoisotopic (exact) mass is 176 g/mol. The summed E-state index contributed by atoms with van der Waals surface area (Å²) >= 11 is 0. The third-order valence-electron chi connectivity index (χ3n) is 1.93. The van der Waals surface area contributed by atoms with E-state index >= 15 is 0 Å². The van der Waals surface area contributed by atoms with Crippen molar-refractivity contribution in [1.29, 1.82) is 0 Å². The summed E-state index contributed by atoms with van der Waals surface area (Å²) in [6.07, 6.45) is 0.0802. The van der Waals surface area contributed by atoms with E-state index < -0.39 is 5.97 Å². The lowest BCUT2D eigenvalue weighted by molar-refractivity contribution is -0.136. The fourth-order valence-electron chi connectivity index (χ4n) is 1.36. The van der Waals surface area contributed by atoms with Gasteiger partial charge in [0.05, 0.1) is 7.79 Å². The predicted molar refractivity (Wildman–Crippen MR) is 49.6 cm³/mol. The maximum atomic E-state index is 10.6. The molecule has 2 rings (SSSR count). The van der Waals surface area contributed by atoms with Gasteiger partial charge in [-0.3, -0.25) is 4.79 Å². The van der Waals surface area contributed by atoms with Gasteiger partial charge in [-0.15, -0.1) is 0 Å². The van der Waals surface area contributed by atoms with Crippen LogP contribution < -0.4 is 0 Å². The molecule has 13 heavy (non-hydrogen) atoms. The van der Waals surface area contributed by atoms with Crippen molar-refractivity contribution in [3.8, 4) is 0 Å². The number of carboxylic acids is 1. The number of para-hydroxylation sites is 1. The molecule has 1 aromatic carbocycles. The van der Waals surface area contributed by atoms with Gasteiger partial charge >= 0.3 is 5.97 Å². The number of hydrogen-bond acceptors (Lipinski definition) is 1. The van der Waals surface area contributed by atoms with Crippen LogP contribution in [-0.4, -0.2) is 16.1 Å². The molecule has 0 bridgehead atoms. The largest absolute Gasteiger partial charge is 0.481 e. The fourth-order valence-corrected chi connectivity index (χ4v) is 1.36. The van der Waals surface area contributed by atoms with Crippen LogP contribution in [-0.2, 0) is 11.2 Å². The average molecular weight is 176 g/mol. The minimum atomic E-state index is -0.914. The molecule has 2 N–H and O–H groups in total. The van der Waals surface area contributed by atoms with Gasteiger partial charge in [-0.25, -0.2) is 0 Å². The van der Waals surface area contributed by atoms with Crippen LogP contribution in [0.25, 0.3) is 10.9 Å². The molecule has 0 aliphatic heterocycles. The first-order valence-corrected chi connectivity index (χ1v) is 3.96. The normalized spacial score (nSPS) is 11.5. The van der Waals surface area contributed by atoms with E-state index in [0.717, 1.165) is 10.9 Å². The first-order chi connectivity index (χ1) is 6.68. The second kappa shape index (κ2) is 2.94. The third-order valence-corrected chi connectivity index (χ3v) is 1.93. The summed E-state index contributed by atoms with van der Waals surface area (Å²) in [5.41, 5.74) is 1.36. The fraction of sp³-hybridized carbons (Fsp3) is 0.100. The Hall–Kier alpha value is -1.77. The highest BCUT2D eigenvalue weighted by Gasteiger charge is 2.05. The van der Waals surface area contributed by atoms with Crippen molar-refractivity contribution >= 4 is 16.9 Å². The Morgan fingerprint density at radius 1 is 1.54 bits per heavy atom. The quantitative estimate of drug-likeness (QED) is 0.733. The Labute approximate surface area is 76.4 Å². The molecule has 0 unspecified atom stereocenters. The molecule has 2 aromatic rings. The lowest BCUT2D eigenvalue weighted by atomic mass is 10.1. The molecular weight excluding hydrogens is 166 g/mol. The number of nitrogens with one attached hydrogen (secondary N) is 1. The zero-order valence-electron chi connectivity index (χ0n) is 7.87. The smallest absolute Gasteiger partial charge is 0.307 e. The van der Waals surface area contributed by atoms with Crippen molar-refractivity contribution in [3.05, 3.63) is 36.0 Å². The van der Waals surface area contributed by atoms with E-state index in [4.69, 9.17) is 6.48 Å². The number of aromatic amines is 1. The summed E-state index contributed by atoms with van der Waals surface area (Å²) in [6, 6.07) is 7.34. The van der Waals surface area contributed by atoms with Crippen molar-refractivity contribution < 1.29 is 11.3 Å². The SMILES string of the molecule is [2H]c1[nH]c2ccccc2c1CC(=O)O. The van der Waals surface area contributed by atoms with Gasteiger partial charge < -0.3 is 10.1 Å². The van der Waals surface area contributed by atoms with Crippen LogP contribution in [0.15, 0.2) is 30.4 Å². The number of carboxylic acid groups (broad SMARTS) is 1. The Balaban J connectivity index is 2.62. The summed E-state index contributed by atoms with van der Waals surface area (Å²) in [6.45, 7) is 0. The molecule has 0 atom stereocenters. The van der Waals surface area contributed by atoms with Crippen molar-refractivity contribution in [2.75, 3.05) is 0 Å². The van der Waals surface area contributed by atoms with E-state index in [1.165, 1.54) is 0 Å². The molecule has 66 valence electrons. The molecule has 0 saturated heterocycles. The second-order valence-corrected chi connectivity index (χ2v) is 2.84. The highest BCUT2D eigenvalue weighted by Crippen LogP contribution is 2.17. The van der Waals surface area contributed by atoms with Crippen LogP contribution in [0.4, 0.5) is 0 Å². The minimum absolute atomic E-state index is 0.108. The Kier molecular flexibility index (Phi) is 1.52. The van der Waals surface area contributed by atoms with Crippen LogP contribution in [0.3, 0.4) is 0 Å². The van der Waals surface area contributed by atoms with Crippen molar-refractivity contribution in [2.24, 2.45) is 0 Å². The summed E-state index contributed by atoms with van der Waals surface area (Å²) in [5, 5.41) is 9.49. The molecule has 1 aromatic heterocycles. The Morgan fingerprint density at radius 2 is 2.31 bits per heavy atom. The molecule has 0 aliphatic carbocycles. The van der Waals surface area contributed by atoms with E-state index in [2.05, 4.69) is 4.98 Å². The second-order valence-electron chi connectivity index (χ2n) is 2.84. The number of aliphatic carboxylic acids is 1. The van der Waals surface area contributed by atoms with Gasteiger partial charge in [-0.05, 0) is 11.6 Å². The Bertz CT molecular complexity index is 490. The number of H-pyrrole nitrogens is 1. The van der Waals surface area contributed by atoms with Gasteiger partial charge in [0.25, 0.3) is 0 Å². The molecule has 0 spiro atoms. The highest BCUT2D eigenvalue weighted by atomic mass is 16.4. The van der Waals surface area contributed by atoms with Gasteiger partial charge in [0.15, 0.2) is 0 Å². The summed E-state index contributed by atoms with van der Waals surface area (Å²) in [4.78, 5) is 13.4. The van der Waals surface area contributed by atoms with Gasteiger partial charge in [0.2, 0.25) is 0 Å². The van der Waals surface area contributed by atoms with Crippen molar-refractivity contribution in [1.82, 2.24) is 4.98 Å². The number of aromatic nitrogens is 1. The summed E-state index contributed by atoms with van der Waals surface area (Å²) in [7, 11) is 0. The number of rotatable bonds is 2. The van der Waals surface area contributed by atoms with E-state index in [1.54, 1.807) is 0 Å². The molecule has 1 heterocycles. The van der Waals surface area contributed by atoms with E-state index in [-0.39, 0.29) is 12.6 Å². The predicted octanol–water partition coefficient (Wildman–Crippen LogP) is 1.80. The molecule has 0 fully saturated rings. The molecule has 0 amide bonds. The molecule has 0 radical (unpaired) electrons. The van der Waals surface area contributed by atoms with Crippen LogP contribution >= 0.6 is 0 Å². The zero-order chi connectivity index (χ0) is 10.1. The van der Waals surface area contributed by atoms with Crippen molar-refractivity contribution in [3.63, 3.8) is 0 Å². The number of benzene rings is 1. The van der Waals surface area contributed by atoms with E-state index in [0.29, 0.717) is 5.56 Å². The molecule has 0 aliphatic rings. The topological polar surface area (TPSA) is 53.1 Å². The lowest BCUT2D eigenvalue weighted by Gasteiger charge is -1.92. The van der Waals surface area contributed by atoms with Crippen LogP contribution in [0.2, 0.25) is 0 Å². The molecular formula is C10H9NO2. The number of hydrogen-bond donors (Lipinski definition) is 2. The van der Waals surface area contributed by atoms with Crippen LogP contribution in [0.5, 0.6) is 0 Å². The number of fused-ring (bicyclic) bond motifs is 1. The van der Waals surface area contributed by atoms with Gasteiger partial charge in [-0.1, -0.05) is 18.2 Å². The third kappa shape index (κ3) is 1.40. The first kappa shape index (κ1) is 6.71. The maximum Gasteiger partial charge on any atom is 0.307 e. The Morgan fingerprint density at radius 3 is 3.08 bits per heavy atom. The maximum absolute atomic E-state index is 10.6. The van der Waals surface area contributed by atoms with Gasteiger partial charge in [-0.2, -0.15) is 0 Å². The van der Waals surface area contributed by atoms with E-state index in [1.807, 2.05) is 24.3 Å². The standard InChI is InChI=1S/C10H9NO2/c12-10(13)5-7-6-11-9-4-2-1-3-8(7)9/h1-4,6,11H,5H2,(H,12,13)/i6D. The van der Waals surface area contributed by atoms with Crippen LogP contribution in [0, 0.1) is 0 Å². The van der Waals surface area contributed by atoms with Crippen LogP contribution in [0.1, 0.15) is 6.93 Å². The van der Waals surface area contributed by atoms with Crippen molar-refractivity contribution in [2.45, 2.75) is 6.42 Å². The minimum Gasteiger partial charge on any atom is -0.481 e. The molecule has 3 nitrogen and oxygen atoms in total. The molecule has 3 heteroatoms. The zero-order valence-corrected chi connectivity index (χ0v) is 6.87. The summed E-state index contributed by atoms with van der Waals surface area (Å²) in [5.74, 6) is -0.914. The highest BCUT2D eigenvalue weighted by molar-refractivity contribution is 5.86. The van der Waals surface area contributed by atoms with Gasteiger partial charge in [0, 0.05) is 17.1 Å². The lowest BCUT2D eigenvalue weighted by Crippen LogP contribution is -1.98. The average Bonchev–Trinajstić information content (AvgIpc) is 2.43. The van der Waals surface area contributed by atoms with Gasteiger partial charge in [0.1, 0.15) is 0 Å². The van der Waals surface area contributed by atoms with E-state index in [9.17, 15) is 4.79 Å². The first-order valence-electron chi connectivity index (χ1n) is 4.46. The molecule has 0 saturated carbocycles.